The fraction of sp³-hybridized carbons (Fsp3) is 0.389. The van der Waals surface area contributed by atoms with Crippen LogP contribution >= 0.6 is 12.4 Å². The van der Waals surface area contributed by atoms with Gasteiger partial charge in [-0.3, -0.25) is 4.79 Å². The number of piperidine rings is 1. The summed E-state index contributed by atoms with van der Waals surface area (Å²) in [6.45, 7) is -0.159. The Balaban J connectivity index is 0.00000300. The van der Waals surface area contributed by atoms with E-state index in [9.17, 15) is 23.1 Å². The minimum absolute atomic E-state index is 0. The summed E-state index contributed by atoms with van der Waals surface area (Å²) in [4.78, 5) is 21.8. The maximum atomic E-state index is 12.9. The number of aliphatic hydroxyl groups is 1. The number of rotatable bonds is 4. The first-order valence-electron chi connectivity index (χ1n) is 8.59. The Bertz CT molecular complexity index is 858. The Labute approximate surface area is 171 Å². The van der Waals surface area contributed by atoms with Crippen LogP contribution in [0.4, 0.5) is 13.2 Å². The van der Waals surface area contributed by atoms with Crippen molar-refractivity contribution in [3.05, 3.63) is 47.9 Å². The first-order chi connectivity index (χ1) is 13.2. The predicted octanol–water partition coefficient (Wildman–Crippen LogP) is 2.68. The Hall–Kier alpha value is -2.43. The minimum atomic E-state index is -4.71. The summed E-state index contributed by atoms with van der Waals surface area (Å²) in [5, 5.41) is 9.72. The summed E-state index contributed by atoms with van der Waals surface area (Å²) in [5.74, 6) is 0.171. The van der Waals surface area contributed by atoms with Crippen molar-refractivity contribution in [2.24, 2.45) is 5.73 Å². The van der Waals surface area contributed by atoms with Crippen molar-refractivity contribution in [2.75, 3.05) is 13.1 Å². The van der Waals surface area contributed by atoms with Gasteiger partial charge in [0.2, 0.25) is 5.88 Å². The molecule has 1 fully saturated rings. The highest BCUT2D eigenvalue weighted by atomic mass is 35.5. The molecule has 1 aliphatic heterocycles. The molecule has 3 rings (SSSR count). The van der Waals surface area contributed by atoms with E-state index in [1.54, 1.807) is 24.3 Å². The second-order valence-electron chi connectivity index (χ2n) is 6.50. The number of nitrogens with zero attached hydrogens (tertiary/aromatic N) is 3. The molecule has 0 unspecified atom stereocenters. The molecule has 1 saturated heterocycles. The SMILES string of the molecule is Cl.NCc1cc(Oc2cccc(C(=O)N3CCC(O)(C(F)(F)F)CC3)c2)ncn1. The van der Waals surface area contributed by atoms with Crippen LogP contribution in [-0.2, 0) is 6.54 Å². The van der Waals surface area contributed by atoms with Gasteiger partial charge in [0.05, 0.1) is 5.69 Å². The van der Waals surface area contributed by atoms with Crippen LogP contribution in [0.25, 0.3) is 0 Å². The topological polar surface area (TPSA) is 102 Å². The monoisotopic (exact) mass is 432 g/mol. The van der Waals surface area contributed by atoms with E-state index in [1.807, 2.05) is 0 Å². The number of amides is 1. The summed E-state index contributed by atoms with van der Waals surface area (Å²) < 4.78 is 44.3. The Kier molecular flexibility index (Phi) is 7.04. The number of nitrogens with two attached hydrogens (primary N) is 1. The molecule has 1 amide bonds. The van der Waals surface area contributed by atoms with E-state index in [2.05, 4.69) is 9.97 Å². The molecule has 158 valence electrons. The molecule has 1 aliphatic rings. The summed E-state index contributed by atoms with van der Waals surface area (Å²) in [6.07, 6.45) is -4.51. The van der Waals surface area contributed by atoms with Crippen molar-refractivity contribution < 1.29 is 27.8 Å². The van der Waals surface area contributed by atoms with Gasteiger partial charge in [-0.1, -0.05) is 6.07 Å². The van der Waals surface area contributed by atoms with Gasteiger partial charge in [-0.05, 0) is 18.2 Å². The van der Waals surface area contributed by atoms with E-state index in [0.717, 1.165) is 0 Å². The summed E-state index contributed by atoms with van der Waals surface area (Å²) in [5.41, 5.74) is 3.63. The van der Waals surface area contributed by atoms with Crippen LogP contribution in [0.3, 0.4) is 0 Å². The molecule has 0 saturated carbocycles. The highest BCUT2D eigenvalue weighted by Crippen LogP contribution is 2.38. The summed E-state index contributed by atoms with van der Waals surface area (Å²) in [6, 6.07) is 7.82. The van der Waals surface area contributed by atoms with E-state index < -0.39 is 30.5 Å². The Morgan fingerprint density at radius 2 is 1.93 bits per heavy atom. The van der Waals surface area contributed by atoms with E-state index >= 15 is 0 Å². The molecule has 0 bridgehead atoms. The van der Waals surface area contributed by atoms with Crippen molar-refractivity contribution in [2.45, 2.75) is 31.2 Å². The highest BCUT2D eigenvalue weighted by molar-refractivity contribution is 5.94. The van der Waals surface area contributed by atoms with Gasteiger partial charge in [0.25, 0.3) is 5.91 Å². The van der Waals surface area contributed by atoms with Gasteiger partial charge >= 0.3 is 6.18 Å². The molecular weight excluding hydrogens is 413 g/mol. The van der Waals surface area contributed by atoms with Gasteiger partial charge in [0, 0.05) is 44.1 Å². The fourth-order valence-corrected chi connectivity index (χ4v) is 2.90. The normalized spacial score (nSPS) is 16.1. The fourth-order valence-electron chi connectivity index (χ4n) is 2.90. The first kappa shape index (κ1) is 22.9. The zero-order valence-electron chi connectivity index (χ0n) is 15.2. The zero-order valence-corrected chi connectivity index (χ0v) is 16.0. The number of alkyl halides is 3. The molecule has 1 aromatic heterocycles. The zero-order chi connectivity index (χ0) is 20.4. The van der Waals surface area contributed by atoms with Gasteiger partial charge in [-0.15, -0.1) is 12.4 Å². The summed E-state index contributed by atoms with van der Waals surface area (Å²) in [7, 11) is 0. The van der Waals surface area contributed by atoms with Crippen LogP contribution in [0.15, 0.2) is 36.7 Å². The lowest BCUT2D eigenvalue weighted by molar-refractivity contribution is -0.271. The molecule has 11 heteroatoms. The standard InChI is InChI=1S/C18H19F3N4O3.ClH/c19-18(20,21)17(27)4-6-25(7-5-17)16(26)12-2-1-3-14(8-12)28-15-9-13(10-22)23-11-24-15;/h1-3,8-9,11,27H,4-7,10,22H2;1H. The van der Waals surface area contributed by atoms with Gasteiger partial charge < -0.3 is 20.5 Å². The van der Waals surface area contributed by atoms with Crippen LogP contribution in [0.1, 0.15) is 28.9 Å². The maximum Gasteiger partial charge on any atom is 0.417 e. The molecule has 3 N–H and O–H groups in total. The number of halogens is 4. The number of aromatic nitrogens is 2. The molecule has 2 heterocycles. The van der Waals surface area contributed by atoms with E-state index in [-0.39, 0.29) is 43.5 Å². The molecule has 0 spiro atoms. The Morgan fingerprint density at radius 3 is 2.55 bits per heavy atom. The van der Waals surface area contributed by atoms with Gasteiger partial charge in [0.15, 0.2) is 5.60 Å². The minimum Gasteiger partial charge on any atom is -0.439 e. The molecule has 7 nitrogen and oxygen atoms in total. The summed E-state index contributed by atoms with van der Waals surface area (Å²) >= 11 is 0. The number of likely N-dealkylation sites (tertiary alicyclic amines) is 1. The number of hydrogen-bond acceptors (Lipinski definition) is 6. The molecule has 2 aromatic rings. The van der Waals surface area contributed by atoms with Crippen LogP contribution in [-0.4, -0.2) is 50.7 Å². The number of hydrogen-bond donors (Lipinski definition) is 2. The van der Waals surface area contributed by atoms with Gasteiger partial charge in [-0.2, -0.15) is 13.2 Å². The van der Waals surface area contributed by atoms with Gasteiger partial charge in [0.1, 0.15) is 12.1 Å². The second kappa shape index (κ2) is 8.93. The molecule has 1 aromatic carbocycles. The lowest BCUT2D eigenvalue weighted by atomic mass is 9.90. The van der Waals surface area contributed by atoms with E-state index in [0.29, 0.717) is 11.4 Å². The third-order valence-corrected chi connectivity index (χ3v) is 4.62. The average molecular weight is 433 g/mol. The number of ether oxygens (including phenoxy) is 1. The van der Waals surface area contributed by atoms with Crippen LogP contribution < -0.4 is 10.5 Å². The molecule has 29 heavy (non-hydrogen) atoms. The van der Waals surface area contributed by atoms with Gasteiger partial charge in [-0.25, -0.2) is 9.97 Å². The van der Waals surface area contributed by atoms with E-state index in [1.165, 1.54) is 17.3 Å². The molecule has 0 atom stereocenters. The van der Waals surface area contributed by atoms with Crippen molar-refractivity contribution >= 4 is 18.3 Å². The van der Waals surface area contributed by atoms with Crippen LogP contribution in [0.2, 0.25) is 0 Å². The smallest absolute Gasteiger partial charge is 0.417 e. The largest absolute Gasteiger partial charge is 0.439 e. The highest BCUT2D eigenvalue weighted by Gasteiger charge is 2.54. The number of carbonyl (C=O) groups excluding carboxylic acids is 1. The lowest BCUT2D eigenvalue weighted by Gasteiger charge is -2.39. The van der Waals surface area contributed by atoms with Crippen molar-refractivity contribution in [1.29, 1.82) is 0 Å². The third-order valence-electron chi connectivity index (χ3n) is 4.62. The molecule has 0 radical (unpaired) electrons. The quantitative estimate of drug-likeness (QED) is 0.770. The Morgan fingerprint density at radius 1 is 1.24 bits per heavy atom. The molecular formula is C18H20ClF3N4O3. The lowest BCUT2D eigenvalue weighted by Crippen LogP contribution is -2.54. The molecule has 0 aliphatic carbocycles. The first-order valence-corrected chi connectivity index (χ1v) is 8.59. The average Bonchev–Trinajstić information content (AvgIpc) is 2.67. The third kappa shape index (κ3) is 5.14. The van der Waals surface area contributed by atoms with Crippen molar-refractivity contribution in [3.63, 3.8) is 0 Å². The predicted molar refractivity (Wildman–Crippen MR) is 99.8 cm³/mol. The van der Waals surface area contributed by atoms with E-state index in [4.69, 9.17) is 10.5 Å². The maximum absolute atomic E-state index is 12.9. The van der Waals surface area contributed by atoms with Crippen LogP contribution in [0, 0.1) is 0 Å². The van der Waals surface area contributed by atoms with Crippen molar-refractivity contribution in [1.82, 2.24) is 14.9 Å². The number of benzene rings is 1. The van der Waals surface area contributed by atoms with Crippen molar-refractivity contribution in [3.8, 4) is 11.6 Å². The number of carbonyl (C=O) groups is 1. The van der Waals surface area contributed by atoms with Crippen LogP contribution in [0.5, 0.6) is 11.6 Å². The second-order valence-corrected chi connectivity index (χ2v) is 6.50.